The van der Waals surface area contributed by atoms with Gasteiger partial charge in [0.05, 0.1) is 11.9 Å². The molecule has 0 aromatic carbocycles. The van der Waals surface area contributed by atoms with E-state index in [4.69, 9.17) is 4.98 Å². The van der Waals surface area contributed by atoms with E-state index >= 15 is 0 Å². The largest absolute Gasteiger partial charge is 0.316 e. The minimum absolute atomic E-state index is 0.687. The van der Waals surface area contributed by atoms with Crippen LogP contribution in [0.1, 0.15) is 36.9 Å². The van der Waals surface area contributed by atoms with Crippen LogP contribution < -0.4 is 10.6 Å². The van der Waals surface area contributed by atoms with Crippen LogP contribution in [0.15, 0.2) is 36.7 Å². The van der Waals surface area contributed by atoms with Crippen molar-refractivity contribution >= 4 is 32.6 Å². The van der Waals surface area contributed by atoms with E-state index in [-0.39, 0.29) is 0 Å². The topological polar surface area (TPSA) is 91.4 Å². The number of fused-ring (bicyclic) bond motifs is 3. The van der Waals surface area contributed by atoms with Crippen LogP contribution in [0.4, 0.5) is 10.9 Å². The summed E-state index contributed by atoms with van der Waals surface area (Å²) < 4.78 is 0. The molecular weight excluding hydrogens is 406 g/mol. The third-order valence-electron chi connectivity index (χ3n) is 6.73. The third-order valence-corrected chi connectivity index (χ3v) is 7.61. The van der Waals surface area contributed by atoms with Crippen LogP contribution in [0.2, 0.25) is 0 Å². The van der Waals surface area contributed by atoms with Crippen LogP contribution in [0.5, 0.6) is 0 Å². The predicted octanol–water partition coefficient (Wildman–Crippen LogP) is 4.81. The van der Waals surface area contributed by atoms with Crippen LogP contribution in [0, 0.1) is 18.8 Å². The maximum Gasteiger partial charge on any atom is 0.190 e. The van der Waals surface area contributed by atoms with Crippen LogP contribution >= 0.6 is 11.3 Å². The van der Waals surface area contributed by atoms with Gasteiger partial charge in [-0.15, -0.1) is 0 Å². The molecule has 3 N–H and O–H groups in total. The Balaban J connectivity index is 1.16. The Kier molecular flexibility index (Phi) is 4.69. The molecule has 3 atom stereocenters. The summed E-state index contributed by atoms with van der Waals surface area (Å²) in [6.07, 6.45) is 9.29. The molecule has 0 radical (unpaired) electrons. The summed E-state index contributed by atoms with van der Waals surface area (Å²) in [7, 11) is 0. The number of H-pyrrole nitrogens is 1. The molecule has 2 fully saturated rings. The number of thiazole rings is 1. The lowest BCUT2D eigenvalue weighted by molar-refractivity contribution is 0.350. The van der Waals surface area contributed by atoms with Gasteiger partial charge in [-0.3, -0.25) is 5.10 Å². The molecule has 4 aromatic heterocycles. The summed E-state index contributed by atoms with van der Waals surface area (Å²) in [5, 5.41) is 15.0. The molecule has 2 bridgehead atoms. The molecule has 2 saturated carbocycles. The zero-order chi connectivity index (χ0) is 20.8. The van der Waals surface area contributed by atoms with Gasteiger partial charge in [0.2, 0.25) is 0 Å². The second-order valence-electron chi connectivity index (χ2n) is 8.79. The van der Waals surface area contributed by atoms with Gasteiger partial charge in [0, 0.05) is 30.0 Å². The average Bonchev–Trinajstić information content (AvgIpc) is 3.56. The minimum atomic E-state index is 0.687. The quantitative estimate of drug-likeness (QED) is 0.406. The molecule has 0 amide bonds. The first-order valence-corrected chi connectivity index (χ1v) is 11.8. The van der Waals surface area contributed by atoms with Gasteiger partial charge >= 0.3 is 0 Å². The molecule has 4 aromatic rings. The number of aryl methyl sites for hydroxylation is 1. The molecular formula is C23H25N7S. The maximum atomic E-state index is 4.78. The van der Waals surface area contributed by atoms with Crippen molar-refractivity contribution in [2.24, 2.45) is 11.8 Å². The van der Waals surface area contributed by atoms with Crippen molar-refractivity contribution in [1.82, 2.24) is 30.5 Å². The van der Waals surface area contributed by atoms with Gasteiger partial charge in [-0.25, -0.2) is 15.0 Å². The van der Waals surface area contributed by atoms with Crippen LogP contribution in [-0.4, -0.2) is 31.2 Å². The van der Waals surface area contributed by atoms with Gasteiger partial charge in [-0.1, -0.05) is 17.8 Å². The molecule has 31 heavy (non-hydrogen) atoms. The van der Waals surface area contributed by atoms with E-state index in [9.17, 15) is 0 Å². The monoisotopic (exact) mass is 431 g/mol. The Labute approximate surface area is 184 Å². The van der Waals surface area contributed by atoms with Gasteiger partial charge in [-0.05, 0) is 67.9 Å². The number of pyridine rings is 2. The highest BCUT2D eigenvalue weighted by atomic mass is 32.1. The summed E-state index contributed by atoms with van der Waals surface area (Å²) in [4.78, 5) is 14.8. The number of aromatic nitrogens is 5. The smallest absolute Gasteiger partial charge is 0.190 e. The highest BCUT2D eigenvalue weighted by molar-refractivity contribution is 7.21. The molecule has 158 valence electrons. The van der Waals surface area contributed by atoms with E-state index in [0.29, 0.717) is 6.04 Å². The molecule has 2 aliphatic rings. The SMILES string of the molecule is Cc1[nH]ncc1-c1ccc2nc(Nc3cc(CNC4CC5CCC4C5)ccn3)sc2n1. The van der Waals surface area contributed by atoms with Crippen molar-refractivity contribution in [3.8, 4) is 11.3 Å². The number of nitrogens with one attached hydrogen (secondary N) is 3. The normalized spacial score (nSPS) is 22.4. The number of hydrogen-bond donors (Lipinski definition) is 3. The molecule has 6 rings (SSSR count). The van der Waals surface area contributed by atoms with Crippen LogP contribution in [0.25, 0.3) is 21.6 Å². The highest BCUT2D eigenvalue weighted by Crippen LogP contribution is 2.44. The number of anilines is 2. The Hall–Kier alpha value is -2.84. The molecule has 4 heterocycles. The first-order valence-electron chi connectivity index (χ1n) is 10.9. The highest BCUT2D eigenvalue weighted by Gasteiger charge is 2.38. The summed E-state index contributed by atoms with van der Waals surface area (Å²) in [5.41, 5.74) is 5.06. The standard InChI is InChI=1S/C23H25N7S/c1-13-17(12-26-30-13)18-4-5-19-22(27-18)31-23(28-19)29-21-10-15(6-7-24-21)11-25-20-9-14-2-3-16(20)8-14/h4-7,10,12,14,16,20,25H,2-3,8-9,11H2,1H3,(H,26,30)(H,24,28,29). The van der Waals surface area contributed by atoms with Crippen molar-refractivity contribution in [2.45, 2.75) is 45.2 Å². The Morgan fingerprint density at radius 1 is 1.16 bits per heavy atom. The second-order valence-corrected chi connectivity index (χ2v) is 9.76. The predicted molar refractivity (Wildman–Crippen MR) is 123 cm³/mol. The Bertz CT molecular complexity index is 1230. The van der Waals surface area contributed by atoms with E-state index in [0.717, 1.165) is 56.6 Å². The fraction of sp³-hybridized carbons (Fsp3) is 0.391. The molecule has 0 aliphatic heterocycles. The summed E-state index contributed by atoms with van der Waals surface area (Å²) in [6, 6.07) is 8.88. The van der Waals surface area contributed by atoms with Gasteiger partial charge in [0.15, 0.2) is 5.13 Å². The second kappa shape index (κ2) is 7.69. The summed E-state index contributed by atoms with van der Waals surface area (Å²) in [6.45, 7) is 2.89. The van der Waals surface area contributed by atoms with Crippen molar-refractivity contribution < 1.29 is 0 Å². The lowest BCUT2D eigenvalue weighted by atomic mass is 9.95. The number of hydrogen-bond acceptors (Lipinski definition) is 7. The molecule has 0 saturated heterocycles. The average molecular weight is 432 g/mol. The van der Waals surface area contributed by atoms with Crippen molar-refractivity contribution in [3.63, 3.8) is 0 Å². The van der Waals surface area contributed by atoms with E-state index in [1.165, 1.54) is 42.6 Å². The lowest BCUT2D eigenvalue weighted by Crippen LogP contribution is -2.33. The first kappa shape index (κ1) is 18.9. The Morgan fingerprint density at radius 3 is 2.94 bits per heavy atom. The summed E-state index contributed by atoms with van der Waals surface area (Å²) >= 11 is 1.54. The van der Waals surface area contributed by atoms with E-state index in [1.807, 2.05) is 31.5 Å². The number of rotatable bonds is 6. The fourth-order valence-corrected chi connectivity index (χ4v) is 5.98. The Morgan fingerprint density at radius 2 is 2.13 bits per heavy atom. The van der Waals surface area contributed by atoms with E-state index in [2.05, 4.69) is 42.9 Å². The third kappa shape index (κ3) is 3.70. The maximum absolute atomic E-state index is 4.78. The van der Waals surface area contributed by atoms with Crippen molar-refractivity contribution in [2.75, 3.05) is 5.32 Å². The molecule has 8 heteroatoms. The van der Waals surface area contributed by atoms with E-state index < -0.39 is 0 Å². The van der Waals surface area contributed by atoms with Crippen molar-refractivity contribution in [1.29, 1.82) is 0 Å². The van der Waals surface area contributed by atoms with Gasteiger partial charge in [-0.2, -0.15) is 5.10 Å². The van der Waals surface area contributed by atoms with E-state index in [1.54, 1.807) is 0 Å². The molecule has 0 spiro atoms. The molecule has 2 aliphatic carbocycles. The summed E-state index contributed by atoms with van der Waals surface area (Å²) in [5.74, 6) is 2.66. The number of aromatic amines is 1. The lowest BCUT2D eigenvalue weighted by Gasteiger charge is -2.23. The molecule has 3 unspecified atom stereocenters. The zero-order valence-corrected chi connectivity index (χ0v) is 18.2. The first-order chi connectivity index (χ1) is 15.2. The van der Waals surface area contributed by atoms with Crippen molar-refractivity contribution in [3.05, 3.63) is 47.9 Å². The molecule has 7 nitrogen and oxygen atoms in total. The van der Waals surface area contributed by atoms with Gasteiger partial charge < -0.3 is 10.6 Å². The minimum Gasteiger partial charge on any atom is -0.316 e. The fourth-order valence-electron chi connectivity index (χ4n) is 5.14. The van der Waals surface area contributed by atoms with Crippen LogP contribution in [-0.2, 0) is 6.54 Å². The van der Waals surface area contributed by atoms with Crippen LogP contribution in [0.3, 0.4) is 0 Å². The number of nitrogens with zero attached hydrogens (tertiary/aromatic N) is 4. The van der Waals surface area contributed by atoms with Gasteiger partial charge in [0.25, 0.3) is 0 Å². The zero-order valence-electron chi connectivity index (χ0n) is 17.4. The van der Waals surface area contributed by atoms with Gasteiger partial charge in [0.1, 0.15) is 16.2 Å².